The van der Waals surface area contributed by atoms with Crippen LogP contribution >= 0.6 is 0 Å². The third-order valence-electron chi connectivity index (χ3n) is 5.73. The van der Waals surface area contributed by atoms with Crippen LogP contribution in [-0.2, 0) is 0 Å². The summed E-state index contributed by atoms with van der Waals surface area (Å²) in [5.74, 6) is 6.91. The standard InChI is InChI=1S/C29H32N4O/c1-22-10-16-26-28(20-22)30-27(17-13-23-11-14-25(15-12-23)32(2)3)29(31-26)34-19-18-33(4)21-24-8-6-5-7-9-24/h6,8-12,14-16,20H,5,7,18-19,21H2,1-4H3. The summed E-state index contributed by atoms with van der Waals surface area (Å²) in [6.45, 7) is 4.28. The Balaban J connectivity index is 1.52. The monoisotopic (exact) mass is 452 g/mol. The highest BCUT2D eigenvalue weighted by molar-refractivity contribution is 5.76. The molecule has 34 heavy (non-hydrogen) atoms. The number of aromatic nitrogens is 2. The van der Waals surface area contributed by atoms with Gasteiger partial charge in [-0.05, 0) is 80.3 Å². The molecule has 0 aliphatic heterocycles. The highest BCUT2D eigenvalue weighted by Gasteiger charge is 2.10. The van der Waals surface area contributed by atoms with Crippen LogP contribution in [0.15, 0.2) is 66.3 Å². The van der Waals surface area contributed by atoms with Crippen molar-refractivity contribution >= 4 is 16.7 Å². The van der Waals surface area contributed by atoms with Crippen LogP contribution in [0.1, 0.15) is 29.7 Å². The van der Waals surface area contributed by atoms with Gasteiger partial charge in [0, 0.05) is 38.4 Å². The van der Waals surface area contributed by atoms with Crippen molar-refractivity contribution < 1.29 is 4.74 Å². The summed E-state index contributed by atoms with van der Waals surface area (Å²) >= 11 is 0. The summed E-state index contributed by atoms with van der Waals surface area (Å²) in [5.41, 5.74) is 6.77. The topological polar surface area (TPSA) is 41.5 Å². The fourth-order valence-corrected chi connectivity index (χ4v) is 3.78. The van der Waals surface area contributed by atoms with Crippen molar-refractivity contribution in [3.8, 4) is 17.7 Å². The second-order valence-corrected chi connectivity index (χ2v) is 8.91. The van der Waals surface area contributed by atoms with Crippen LogP contribution in [0.4, 0.5) is 5.69 Å². The molecule has 1 aliphatic carbocycles. The van der Waals surface area contributed by atoms with E-state index < -0.39 is 0 Å². The molecule has 0 amide bonds. The molecule has 0 saturated heterocycles. The summed E-state index contributed by atoms with van der Waals surface area (Å²) in [6.07, 6.45) is 9.04. The summed E-state index contributed by atoms with van der Waals surface area (Å²) < 4.78 is 6.11. The molecule has 0 atom stereocenters. The second kappa shape index (κ2) is 11.0. The third-order valence-corrected chi connectivity index (χ3v) is 5.73. The molecule has 3 aromatic rings. The zero-order valence-electron chi connectivity index (χ0n) is 20.5. The molecule has 0 radical (unpaired) electrons. The minimum Gasteiger partial charge on any atom is -0.474 e. The van der Waals surface area contributed by atoms with Gasteiger partial charge in [-0.1, -0.05) is 30.2 Å². The Bertz CT molecular complexity index is 1260. The van der Waals surface area contributed by atoms with Crippen molar-refractivity contribution in [3.05, 3.63) is 83.1 Å². The Labute approximate surface area is 202 Å². The first-order valence-electron chi connectivity index (χ1n) is 11.7. The first-order valence-corrected chi connectivity index (χ1v) is 11.7. The first-order chi connectivity index (χ1) is 16.5. The van der Waals surface area contributed by atoms with Crippen molar-refractivity contribution in [2.45, 2.75) is 19.8 Å². The van der Waals surface area contributed by atoms with Crippen LogP contribution in [0.5, 0.6) is 5.88 Å². The van der Waals surface area contributed by atoms with E-state index in [1.807, 2.05) is 44.4 Å². The second-order valence-electron chi connectivity index (χ2n) is 8.91. The molecular weight excluding hydrogens is 420 g/mol. The van der Waals surface area contributed by atoms with E-state index in [0.29, 0.717) is 18.2 Å². The highest BCUT2D eigenvalue weighted by atomic mass is 16.5. The maximum absolute atomic E-state index is 6.11. The number of anilines is 1. The van der Waals surface area contributed by atoms with Gasteiger partial charge in [0.1, 0.15) is 6.61 Å². The number of aryl methyl sites for hydroxylation is 1. The molecule has 0 saturated carbocycles. The van der Waals surface area contributed by atoms with Crippen LogP contribution in [-0.4, -0.2) is 55.7 Å². The maximum atomic E-state index is 6.11. The van der Waals surface area contributed by atoms with Gasteiger partial charge < -0.3 is 9.64 Å². The lowest BCUT2D eigenvalue weighted by atomic mass is 10.1. The number of allylic oxidation sites excluding steroid dienone is 2. The Morgan fingerprint density at radius 1 is 0.941 bits per heavy atom. The molecule has 4 rings (SSSR count). The van der Waals surface area contributed by atoms with Gasteiger partial charge >= 0.3 is 0 Å². The lowest BCUT2D eigenvalue weighted by Gasteiger charge is -2.18. The molecule has 0 fully saturated rings. The number of hydrogen-bond acceptors (Lipinski definition) is 5. The molecule has 2 aromatic carbocycles. The van der Waals surface area contributed by atoms with Gasteiger partial charge in [-0.3, -0.25) is 4.90 Å². The zero-order valence-corrected chi connectivity index (χ0v) is 20.5. The molecule has 5 heteroatoms. The van der Waals surface area contributed by atoms with Crippen molar-refractivity contribution in [2.75, 3.05) is 45.7 Å². The van der Waals surface area contributed by atoms with E-state index in [9.17, 15) is 0 Å². The van der Waals surface area contributed by atoms with Gasteiger partial charge in [-0.25, -0.2) is 9.97 Å². The number of hydrogen-bond donors (Lipinski definition) is 0. The lowest BCUT2D eigenvalue weighted by Crippen LogP contribution is -2.26. The number of benzene rings is 2. The van der Waals surface area contributed by atoms with Gasteiger partial charge in [0.15, 0.2) is 5.69 Å². The van der Waals surface area contributed by atoms with Crippen molar-refractivity contribution in [1.82, 2.24) is 14.9 Å². The number of likely N-dealkylation sites (N-methyl/N-ethyl adjacent to an activating group) is 1. The molecule has 1 aliphatic rings. The van der Waals surface area contributed by atoms with E-state index in [1.165, 1.54) is 5.57 Å². The van der Waals surface area contributed by atoms with Gasteiger partial charge in [0.2, 0.25) is 5.88 Å². The van der Waals surface area contributed by atoms with Crippen molar-refractivity contribution in [2.24, 2.45) is 0 Å². The normalized spacial score (nSPS) is 12.9. The maximum Gasteiger partial charge on any atom is 0.249 e. The van der Waals surface area contributed by atoms with Gasteiger partial charge in [0.05, 0.1) is 11.0 Å². The van der Waals surface area contributed by atoms with E-state index >= 15 is 0 Å². The number of ether oxygens (including phenoxy) is 1. The average Bonchev–Trinajstić information content (AvgIpc) is 2.83. The molecule has 0 unspecified atom stereocenters. The van der Waals surface area contributed by atoms with Crippen LogP contribution in [0.3, 0.4) is 0 Å². The molecule has 1 heterocycles. The first kappa shape index (κ1) is 23.5. The fraction of sp³-hybridized carbons (Fsp3) is 0.310. The van der Waals surface area contributed by atoms with Crippen LogP contribution in [0.2, 0.25) is 0 Å². The molecule has 0 spiro atoms. The van der Waals surface area contributed by atoms with E-state index in [1.54, 1.807) is 0 Å². The predicted molar refractivity (Wildman–Crippen MR) is 140 cm³/mol. The van der Waals surface area contributed by atoms with Gasteiger partial charge in [0.25, 0.3) is 0 Å². The lowest BCUT2D eigenvalue weighted by molar-refractivity contribution is 0.240. The molecule has 0 bridgehead atoms. The van der Waals surface area contributed by atoms with Crippen molar-refractivity contribution in [3.63, 3.8) is 0 Å². The average molecular weight is 453 g/mol. The Hall–Kier alpha value is -3.62. The molecular formula is C29H32N4O. The Morgan fingerprint density at radius 3 is 2.50 bits per heavy atom. The summed E-state index contributed by atoms with van der Waals surface area (Å²) in [5, 5.41) is 0. The molecule has 5 nitrogen and oxygen atoms in total. The Morgan fingerprint density at radius 2 is 1.76 bits per heavy atom. The minimum atomic E-state index is 0.485. The zero-order chi connectivity index (χ0) is 23.9. The van der Waals surface area contributed by atoms with E-state index in [4.69, 9.17) is 14.7 Å². The van der Waals surface area contributed by atoms with E-state index in [-0.39, 0.29) is 0 Å². The van der Waals surface area contributed by atoms with E-state index in [2.05, 4.69) is 66.0 Å². The largest absolute Gasteiger partial charge is 0.474 e. The van der Waals surface area contributed by atoms with Crippen molar-refractivity contribution in [1.29, 1.82) is 0 Å². The molecule has 0 N–H and O–H groups in total. The van der Waals surface area contributed by atoms with Crippen LogP contribution in [0.25, 0.3) is 11.0 Å². The quantitative estimate of drug-likeness (QED) is 0.473. The highest BCUT2D eigenvalue weighted by Crippen LogP contribution is 2.20. The summed E-state index contributed by atoms with van der Waals surface area (Å²) in [7, 11) is 6.16. The van der Waals surface area contributed by atoms with Gasteiger partial charge in [-0.15, -0.1) is 0 Å². The summed E-state index contributed by atoms with van der Waals surface area (Å²) in [4.78, 5) is 13.9. The van der Waals surface area contributed by atoms with Gasteiger partial charge in [-0.2, -0.15) is 0 Å². The Kier molecular flexibility index (Phi) is 7.61. The smallest absolute Gasteiger partial charge is 0.249 e. The molecule has 174 valence electrons. The van der Waals surface area contributed by atoms with E-state index in [0.717, 1.165) is 53.8 Å². The molecule has 1 aromatic heterocycles. The number of rotatable bonds is 7. The van der Waals surface area contributed by atoms with Crippen LogP contribution in [0, 0.1) is 18.8 Å². The SMILES string of the molecule is Cc1ccc2nc(OCCN(C)CC3=CCCC=C3)c(C#Cc3ccc(N(C)C)cc3)nc2c1. The number of nitrogens with zero attached hydrogens (tertiary/aromatic N) is 4. The minimum absolute atomic E-state index is 0.485. The van der Waals surface area contributed by atoms with Crippen LogP contribution < -0.4 is 9.64 Å². The summed E-state index contributed by atoms with van der Waals surface area (Å²) in [6, 6.07) is 14.2. The number of fused-ring (bicyclic) bond motifs is 1. The fourth-order valence-electron chi connectivity index (χ4n) is 3.78. The third kappa shape index (κ3) is 6.24. The predicted octanol–water partition coefficient (Wildman–Crippen LogP) is 4.99.